The van der Waals surface area contributed by atoms with Gasteiger partial charge in [-0.15, -0.1) is 0 Å². The number of esters is 1. The number of ether oxygens (including phenoxy) is 1. The molecule has 2 atom stereocenters. The van der Waals surface area contributed by atoms with Gasteiger partial charge in [0.05, 0.1) is 6.42 Å². The SMILES string of the molecule is CCCC/C=C/[C@H]1OC(=O)C[C@H]1O. The number of hydrogen-bond acceptors (Lipinski definition) is 3. The van der Waals surface area contributed by atoms with Crippen molar-refractivity contribution in [2.75, 3.05) is 0 Å². The van der Waals surface area contributed by atoms with Gasteiger partial charge in [0, 0.05) is 0 Å². The summed E-state index contributed by atoms with van der Waals surface area (Å²) in [5.41, 5.74) is 0. The Bertz CT molecular complexity index is 198. The van der Waals surface area contributed by atoms with Gasteiger partial charge in [0.25, 0.3) is 0 Å². The summed E-state index contributed by atoms with van der Waals surface area (Å²) in [4.78, 5) is 10.7. The van der Waals surface area contributed by atoms with Gasteiger partial charge in [-0.2, -0.15) is 0 Å². The number of rotatable bonds is 4. The lowest BCUT2D eigenvalue weighted by atomic mass is 10.1. The normalized spacial score (nSPS) is 28.3. The molecule has 13 heavy (non-hydrogen) atoms. The number of allylic oxidation sites excluding steroid dienone is 1. The second-order valence-corrected chi connectivity index (χ2v) is 3.30. The van der Waals surface area contributed by atoms with Crippen LogP contribution in [-0.2, 0) is 9.53 Å². The summed E-state index contributed by atoms with van der Waals surface area (Å²) in [5.74, 6) is -0.308. The highest BCUT2D eigenvalue weighted by molar-refractivity contribution is 5.72. The Labute approximate surface area is 78.4 Å². The highest BCUT2D eigenvalue weighted by atomic mass is 16.6. The third-order valence-corrected chi connectivity index (χ3v) is 2.07. The summed E-state index contributed by atoms with van der Waals surface area (Å²) in [5, 5.41) is 9.32. The quantitative estimate of drug-likeness (QED) is 0.408. The molecule has 0 amide bonds. The third-order valence-electron chi connectivity index (χ3n) is 2.07. The number of aliphatic hydroxyl groups is 1. The summed E-state index contributed by atoms with van der Waals surface area (Å²) in [6, 6.07) is 0. The van der Waals surface area contributed by atoms with Crippen molar-refractivity contribution in [2.24, 2.45) is 0 Å². The maximum Gasteiger partial charge on any atom is 0.309 e. The van der Waals surface area contributed by atoms with E-state index in [1.165, 1.54) is 0 Å². The number of aliphatic hydroxyl groups excluding tert-OH is 1. The molecule has 0 radical (unpaired) electrons. The highest BCUT2D eigenvalue weighted by Gasteiger charge is 2.30. The molecular formula is C10H16O3. The summed E-state index contributed by atoms with van der Waals surface area (Å²) >= 11 is 0. The molecule has 1 aliphatic heterocycles. The van der Waals surface area contributed by atoms with Crippen LogP contribution < -0.4 is 0 Å². The topological polar surface area (TPSA) is 46.5 Å². The molecule has 3 nitrogen and oxygen atoms in total. The lowest BCUT2D eigenvalue weighted by Gasteiger charge is -2.06. The summed E-state index contributed by atoms with van der Waals surface area (Å²) in [6.45, 7) is 2.12. The molecule has 1 N–H and O–H groups in total. The van der Waals surface area contributed by atoms with E-state index in [2.05, 4.69) is 6.92 Å². The first-order valence-corrected chi connectivity index (χ1v) is 4.78. The molecule has 0 spiro atoms. The fourth-order valence-corrected chi connectivity index (χ4v) is 1.29. The van der Waals surface area contributed by atoms with Crippen molar-refractivity contribution >= 4 is 5.97 Å². The zero-order chi connectivity index (χ0) is 9.68. The standard InChI is InChI=1S/C10H16O3/c1-2-3-4-5-6-9-8(11)7-10(12)13-9/h5-6,8-9,11H,2-4,7H2,1H3/b6-5+/t8-,9-/m1/s1. The Balaban J connectivity index is 2.28. The molecule has 1 rings (SSSR count). The summed E-state index contributed by atoms with van der Waals surface area (Å²) < 4.78 is 4.88. The van der Waals surface area contributed by atoms with E-state index in [0.717, 1.165) is 19.3 Å². The monoisotopic (exact) mass is 184 g/mol. The maximum atomic E-state index is 10.7. The van der Waals surface area contributed by atoms with Gasteiger partial charge in [0.15, 0.2) is 0 Å². The van der Waals surface area contributed by atoms with Gasteiger partial charge < -0.3 is 9.84 Å². The van der Waals surface area contributed by atoms with E-state index in [-0.39, 0.29) is 12.4 Å². The van der Waals surface area contributed by atoms with Crippen LogP contribution in [0.2, 0.25) is 0 Å². The Morgan fingerprint density at radius 2 is 2.46 bits per heavy atom. The van der Waals surface area contributed by atoms with Crippen LogP contribution in [0.4, 0.5) is 0 Å². The fraction of sp³-hybridized carbons (Fsp3) is 0.700. The zero-order valence-electron chi connectivity index (χ0n) is 7.90. The van der Waals surface area contributed by atoms with Crippen molar-refractivity contribution in [3.63, 3.8) is 0 Å². The van der Waals surface area contributed by atoms with Crippen LogP contribution >= 0.6 is 0 Å². The van der Waals surface area contributed by atoms with E-state index in [1.54, 1.807) is 6.08 Å². The van der Waals surface area contributed by atoms with Gasteiger partial charge in [-0.05, 0) is 12.5 Å². The maximum absolute atomic E-state index is 10.7. The van der Waals surface area contributed by atoms with E-state index in [4.69, 9.17) is 4.74 Å². The zero-order valence-corrected chi connectivity index (χ0v) is 7.90. The molecule has 1 heterocycles. The second kappa shape index (κ2) is 5.02. The van der Waals surface area contributed by atoms with Crippen LogP contribution in [0.15, 0.2) is 12.2 Å². The number of unbranched alkanes of at least 4 members (excludes halogenated alkanes) is 2. The van der Waals surface area contributed by atoms with Gasteiger partial charge in [-0.3, -0.25) is 4.79 Å². The highest BCUT2D eigenvalue weighted by Crippen LogP contribution is 2.16. The Kier molecular flexibility index (Phi) is 3.96. The van der Waals surface area contributed by atoms with Crippen molar-refractivity contribution in [1.29, 1.82) is 0 Å². The van der Waals surface area contributed by atoms with Crippen molar-refractivity contribution in [3.8, 4) is 0 Å². The van der Waals surface area contributed by atoms with Gasteiger partial charge in [0.2, 0.25) is 0 Å². The molecule has 0 aromatic heterocycles. The van der Waals surface area contributed by atoms with Gasteiger partial charge in [0.1, 0.15) is 12.2 Å². The van der Waals surface area contributed by atoms with Crippen molar-refractivity contribution in [3.05, 3.63) is 12.2 Å². The van der Waals surface area contributed by atoms with E-state index >= 15 is 0 Å². The number of carbonyl (C=O) groups is 1. The Morgan fingerprint density at radius 3 is 3.00 bits per heavy atom. The van der Waals surface area contributed by atoms with Gasteiger partial charge in [-0.1, -0.05) is 25.8 Å². The van der Waals surface area contributed by atoms with Crippen LogP contribution in [0, 0.1) is 0 Å². The van der Waals surface area contributed by atoms with Crippen molar-refractivity contribution in [2.45, 2.75) is 44.8 Å². The minimum Gasteiger partial charge on any atom is -0.455 e. The molecule has 1 fully saturated rings. The lowest BCUT2D eigenvalue weighted by molar-refractivity contribution is -0.140. The molecule has 0 saturated carbocycles. The average molecular weight is 184 g/mol. The van der Waals surface area contributed by atoms with Crippen LogP contribution in [-0.4, -0.2) is 23.3 Å². The van der Waals surface area contributed by atoms with Crippen LogP contribution in [0.3, 0.4) is 0 Å². The molecule has 74 valence electrons. The molecule has 1 saturated heterocycles. The first kappa shape index (κ1) is 10.3. The number of hydrogen-bond donors (Lipinski definition) is 1. The van der Waals surface area contributed by atoms with Crippen LogP contribution in [0.25, 0.3) is 0 Å². The van der Waals surface area contributed by atoms with E-state index in [0.29, 0.717) is 0 Å². The molecule has 0 unspecified atom stereocenters. The molecule has 0 aliphatic carbocycles. The summed E-state index contributed by atoms with van der Waals surface area (Å²) in [7, 11) is 0. The van der Waals surface area contributed by atoms with Crippen LogP contribution in [0.5, 0.6) is 0 Å². The average Bonchev–Trinajstić information content (AvgIpc) is 2.39. The van der Waals surface area contributed by atoms with E-state index in [9.17, 15) is 9.90 Å². The largest absolute Gasteiger partial charge is 0.455 e. The second-order valence-electron chi connectivity index (χ2n) is 3.30. The number of cyclic esters (lactones) is 1. The van der Waals surface area contributed by atoms with Gasteiger partial charge in [-0.25, -0.2) is 0 Å². The Morgan fingerprint density at radius 1 is 1.69 bits per heavy atom. The predicted octanol–water partition coefficient (Wildman–Crippen LogP) is 1.41. The molecule has 0 aromatic rings. The fourth-order valence-electron chi connectivity index (χ4n) is 1.29. The smallest absolute Gasteiger partial charge is 0.309 e. The third kappa shape index (κ3) is 3.19. The first-order valence-electron chi connectivity index (χ1n) is 4.78. The first-order chi connectivity index (χ1) is 6.24. The molecule has 0 aromatic carbocycles. The van der Waals surface area contributed by atoms with Crippen molar-refractivity contribution < 1.29 is 14.6 Å². The molecule has 1 aliphatic rings. The number of carbonyl (C=O) groups excluding carboxylic acids is 1. The van der Waals surface area contributed by atoms with Crippen molar-refractivity contribution in [1.82, 2.24) is 0 Å². The molecule has 0 bridgehead atoms. The van der Waals surface area contributed by atoms with E-state index in [1.807, 2.05) is 6.08 Å². The minimum absolute atomic E-state index is 0.128. The van der Waals surface area contributed by atoms with E-state index < -0.39 is 12.2 Å². The lowest BCUT2D eigenvalue weighted by Crippen LogP contribution is -2.17. The van der Waals surface area contributed by atoms with Gasteiger partial charge >= 0.3 is 5.97 Å². The minimum atomic E-state index is -0.648. The van der Waals surface area contributed by atoms with Crippen LogP contribution in [0.1, 0.15) is 32.6 Å². The Hall–Kier alpha value is -0.830. The predicted molar refractivity (Wildman–Crippen MR) is 49.2 cm³/mol. The molecule has 3 heteroatoms. The summed E-state index contributed by atoms with van der Waals surface area (Å²) in [6.07, 6.45) is 6.08. The molecular weight excluding hydrogens is 168 g/mol.